The predicted octanol–water partition coefficient (Wildman–Crippen LogP) is 0.879. The van der Waals surface area contributed by atoms with Crippen LogP contribution in [0.15, 0.2) is 16.7 Å². The zero-order valence-corrected chi connectivity index (χ0v) is 5.87. The van der Waals surface area contributed by atoms with Crippen LogP contribution in [-0.4, -0.2) is 19.4 Å². The molecular weight excluding hydrogens is 148 g/mol. The largest absolute Gasteiger partial charge is 0.465 e. The first kappa shape index (κ1) is 7.53. The first-order chi connectivity index (χ1) is 5.29. The van der Waals surface area contributed by atoms with E-state index >= 15 is 0 Å². The van der Waals surface area contributed by atoms with E-state index in [9.17, 15) is 9.59 Å². The Morgan fingerprint density at radius 3 is 3.00 bits per heavy atom. The fraction of sp³-hybridized carbons (Fsp3) is 0.143. The molecule has 0 bridgehead atoms. The number of furan rings is 1. The Kier molecular flexibility index (Phi) is 2.06. The Balaban J connectivity index is 3.01. The minimum atomic E-state index is -0.569. The second-order valence-corrected chi connectivity index (χ2v) is 1.81. The highest BCUT2D eigenvalue weighted by Gasteiger charge is 2.13. The van der Waals surface area contributed by atoms with E-state index in [1.54, 1.807) is 0 Å². The van der Waals surface area contributed by atoms with Gasteiger partial charge in [-0.2, -0.15) is 0 Å². The second kappa shape index (κ2) is 3.01. The van der Waals surface area contributed by atoms with E-state index < -0.39 is 5.97 Å². The van der Waals surface area contributed by atoms with Crippen LogP contribution >= 0.6 is 0 Å². The van der Waals surface area contributed by atoms with Gasteiger partial charge in [0.15, 0.2) is 12.0 Å². The first-order valence-electron chi connectivity index (χ1n) is 2.90. The van der Waals surface area contributed by atoms with Crippen LogP contribution < -0.4 is 0 Å². The minimum Gasteiger partial charge on any atom is -0.465 e. The smallest absolute Gasteiger partial charge is 0.341 e. The van der Waals surface area contributed by atoms with Crippen molar-refractivity contribution in [2.24, 2.45) is 0 Å². The first-order valence-corrected chi connectivity index (χ1v) is 2.90. The van der Waals surface area contributed by atoms with Crippen molar-refractivity contribution in [2.45, 2.75) is 0 Å². The van der Waals surface area contributed by atoms with Crippen LogP contribution in [0, 0.1) is 0 Å². The van der Waals surface area contributed by atoms with Gasteiger partial charge in [0.1, 0.15) is 5.56 Å². The van der Waals surface area contributed by atoms with Gasteiger partial charge in [-0.3, -0.25) is 4.79 Å². The molecule has 0 unspecified atom stereocenters. The van der Waals surface area contributed by atoms with Gasteiger partial charge in [0.25, 0.3) is 0 Å². The normalized spacial score (nSPS) is 9.18. The molecule has 58 valence electrons. The van der Waals surface area contributed by atoms with Gasteiger partial charge in [-0.1, -0.05) is 0 Å². The molecule has 11 heavy (non-hydrogen) atoms. The molecule has 0 aliphatic carbocycles. The van der Waals surface area contributed by atoms with Crippen LogP contribution in [0.25, 0.3) is 0 Å². The summed E-state index contributed by atoms with van der Waals surface area (Å²) in [5.41, 5.74) is 0.155. The van der Waals surface area contributed by atoms with Crippen LogP contribution in [-0.2, 0) is 4.74 Å². The molecule has 1 heterocycles. The van der Waals surface area contributed by atoms with E-state index in [4.69, 9.17) is 0 Å². The summed E-state index contributed by atoms with van der Waals surface area (Å²) < 4.78 is 9.05. The lowest BCUT2D eigenvalue weighted by atomic mass is 10.3. The third-order valence-electron chi connectivity index (χ3n) is 1.21. The van der Waals surface area contributed by atoms with E-state index in [1.807, 2.05) is 0 Å². The molecule has 0 amide bonds. The number of hydrogen-bond acceptors (Lipinski definition) is 4. The summed E-state index contributed by atoms with van der Waals surface area (Å²) in [5.74, 6) is -0.572. The standard InChI is InChI=1S/C7H6O4/c1-10-7(9)5-2-3-11-6(5)4-8/h2-4H,1H3. The molecule has 4 heteroatoms. The van der Waals surface area contributed by atoms with Crippen molar-refractivity contribution >= 4 is 12.3 Å². The highest BCUT2D eigenvalue weighted by atomic mass is 16.5. The molecule has 0 atom stereocenters. The molecule has 0 spiro atoms. The van der Waals surface area contributed by atoms with Crippen LogP contribution in [0.1, 0.15) is 20.9 Å². The van der Waals surface area contributed by atoms with Crippen molar-refractivity contribution < 1.29 is 18.7 Å². The number of carbonyl (C=O) groups excluding carboxylic acids is 2. The zero-order valence-electron chi connectivity index (χ0n) is 5.87. The Morgan fingerprint density at radius 2 is 2.45 bits per heavy atom. The molecule has 0 aromatic carbocycles. The third-order valence-corrected chi connectivity index (χ3v) is 1.21. The maximum absolute atomic E-state index is 10.8. The summed E-state index contributed by atoms with van der Waals surface area (Å²) in [7, 11) is 1.24. The molecular formula is C7H6O4. The lowest BCUT2D eigenvalue weighted by Crippen LogP contribution is -2.01. The molecule has 0 fully saturated rings. The molecule has 0 radical (unpaired) electrons. The van der Waals surface area contributed by atoms with Gasteiger partial charge in [-0.15, -0.1) is 0 Å². The molecule has 0 N–H and O–H groups in total. The Bertz CT molecular complexity index is 274. The number of carbonyl (C=O) groups is 2. The SMILES string of the molecule is COC(=O)c1ccoc1C=O. The number of hydrogen-bond donors (Lipinski definition) is 0. The van der Waals surface area contributed by atoms with E-state index in [-0.39, 0.29) is 11.3 Å². The minimum absolute atomic E-state index is 0.00292. The maximum atomic E-state index is 10.8. The lowest BCUT2D eigenvalue weighted by molar-refractivity contribution is 0.0597. The molecule has 1 aromatic rings. The van der Waals surface area contributed by atoms with Gasteiger partial charge < -0.3 is 9.15 Å². The molecule has 4 nitrogen and oxygen atoms in total. The second-order valence-electron chi connectivity index (χ2n) is 1.81. The Hall–Kier alpha value is -1.58. The summed E-state index contributed by atoms with van der Waals surface area (Å²) >= 11 is 0. The number of rotatable bonds is 2. The fourth-order valence-electron chi connectivity index (χ4n) is 0.691. The van der Waals surface area contributed by atoms with Crippen LogP contribution in [0.5, 0.6) is 0 Å². The van der Waals surface area contributed by atoms with E-state index in [0.29, 0.717) is 6.29 Å². The monoisotopic (exact) mass is 154 g/mol. The van der Waals surface area contributed by atoms with Gasteiger partial charge >= 0.3 is 5.97 Å². The lowest BCUT2D eigenvalue weighted by Gasteiger charge is -1.92. The summed E-state index contributed by atoms with van der Waals surface area (Å²) in [4.78, 5) is 21.0. The van der Waals surface area contributed by atoms with Gasteiger partial charge in [0, 0.05) is 0 Å². The number of methoxy groups -OCH3 is 1. The van der Waals surface area contributed by atoms with Crippen LogP contribution in [0.2, 0.25) is 0 Å². The molecule has 0 aliphatic heterocycles. The summed E-state index contributed by atoms with van der Waals surface area (Å²) in [5, 5.41) is 0. The summed E-state index contributed by atoms with van der Waals surface area (Å²) in [6.07, 6.45) is 1.72. The average Bonchev–Trinajstić information content (AvgIpc) is 2.50. The van der Waals surface area contributed by atoms with Gasteiger partial charge in [0.05, 0.1) is 13.4 Å². The van der Waals surface area contributed by atoms with E-state index in [0.717, 1.165) is 0 Å². The maximum Gasteiger partial charge on any atom is 0.341 e. The number of esters is 1. The zero-order chi connectivity index (χ0) is 8.27. The highest BCUT2D eigenvalue weighted by Crippen LogP contribution is 2.08. The molecule has 0 saturated carbocycles. The third kappa shape index (κ3) is 1.29. The predicted molar refractivity (Wildman–Crippen MR) is 35.4 cm³/mol. The fourth-order valence-corrected chi connectivity index (χ4v) is 0.691. The van der Waals surface area contributed by atoms with Crippen LogP contribution in [0.4, 0.5) is 0 Å². The molecule has 0 aliphatic rings. The van der Waals surface area contributed by atoms with Crippen molar-refractivity contribution in [1.82, 2.24) is 0 Å². The van der Waals surface area contributed by atoms with Crippen molar-refractivity contribution in [3.05, 3.63) is 23.7 Å². The topological polar surface area (TPSA) is 56.5 Å². The Morgan fingerprint density at radius 1 is 1.73 bits per heavy atom. The van der Waals surface area contributed by atoms with Crippen molar-refractivity contribution in [1.29, 1.82) is 0 Å². The van der Waals surface area contributed by atoms with E-state index in [2.05, 4.69) is 9.15 Å². The Labute approximate surface area is 62.8 Å². The van der Waals surface area contributed by atoms with Crippen molar-refractivity contribution in [2.75, 3.05) is 7.11 Å². The molecule has 1 rings (SSSR count). The number of aldehydes is 1. The van der Waals surface area contributed by atoms with Gasteiger partial charge in [0.2, 0.25) is 0 Å². The average molecular weight is 154 g/mol. The van der Waals surface area contributed by atoms with Crippen molar-refractivity contribution in [3.8, 4) is 0 Å². The highest BCUT2D eigenvalue weighted by molar-refractivity contribution is 5.96. The van der Waals surface area contributed by atoms with Gasteiger partial charge in [-0.05, 0) is 6.07 Å². The molecule has 1 aromatic heterocycles. The van der Waals surface area contributed by atoms with Crippen molar-refractivity contribution in [3.63, 3.8) is 0 Å². The summed E-state index contributed by atoms with van der Waals surface area (Å²) in [6.45, 7) is 0. The molecule has 0 saturated heterocycles. The van der Waals surface area contributed by atoms with Crippen LogP contribution in [0.3, 0.4) is 0 Å². The van der Waals surface area contributed by atoms with Gasteiger partial charge in [-0.25, -0.2) is 4.79 Å². The quantitative estimate of drug-likeness (QED) is 0.468. The van der Waals surface area contributed by atoms with E-state index in [1.165, 1.54) is 19.4 Å². The summed E-state index contributed by atoms with van der Waals surface area (Å²) in [6, 6.07) is 1.38. The number of ether oxygens (including phenoxy) is 1.